The van der Waals surface area contributed by atoms with Gasteiger partial charge >= 0.3 is 0 Å². The summed E-state index contributed by atoms with van der Waals surface area (Å²) in [5.41, 5.74) is 3.75. The van der Waals surface area contributed by atoms with Crippen LogP contribution in [-0.2, 0) is 27.3 Å². The van der Waals surface area contributed by atoms with Gasteiger partial charge in [-0.25, -0.2) is 0 Å². The molecule has 1 aromatic rings. The SMILES string of the molecule is CN(C)Cc1cc(N(C)C)c2c(c1O)C(O)=C1C(=O)[C@]3(O)C(O)=C(C(N)=O)C(=O)[C@@H](N(C)C)[C@@H]3C[C@@H]1C2.[2H][B]. The Morgan fingerprint density at radius 1 is 1.16 bits per heavy atom. The van der Waals surface area contributed by atoms with Crippen LogP contribution in [0.1, 0.15) is 23.1 Å². The highest BCUT2D eigenvalue weighted by atomic mass is 16.3. The zero-order chi connectivity index (χ0) is 29.7. The largest absolute Gasteiger partial charge is 0.508 e. The number of nitrogens with zero attached hydrogens (tertiary/aromatic N) is 3. The number of aliphatic hydroxyl groups excluding tert-OH is 2. The van der Waals surface area contributed by atoms with Crippen molar-refractivity contribution in [2.24, 2.45) is 17.6 Å². The smallest absolute Gasteiger partial charge is 0.255 e. The average Bonchev–Trinajstić information content (AvgIpc) is 2.83. The lowest BCUT2D eigenvalue weighted by molar-refractivity contribution is -0.153. The van der Waals surface area contributed by atoms with Gasteiger partial charge in [0.15, 0.2) is 11.4 Å². The molecule has 3 aliphatic rings. The third-order valence-electron chi connectivity index (χ3n) is 7.74. The molecule has 4 rings (SSSR count). The van der Waals surface area contributed by atoms with Crippen LogP contribution in [0.4, 0.5) is 5.69 Å². The van der Waals surface area contributed by atoms with E-state index >= 15 is 0 Å². The van der Waals surface area contributed by atoms with Gasteiger partial charge in [-0.2, -0.15) is 0 Å². The van der Waals surface area contributed by atoms with Gasteiger partial charge in [0.1, 0.15) is 22.8 Å². The van der Waals surface area contributed by atoms with Crippen LogP contribution in [0.2, 0.25) is 0 Å². The van der Waals surface area contributed by atoms with E-state index < -0.39 is 58.0 Å². The lowest BCUT2D eigenvalue weighted by Gasteiger charge is -2.50. The molecule has 0 heterocycles. The normalized spacial score (nSPS) is 26.9. The Kier molecular flexibility index (Phi) is 7.11. The molecule has 1 fully saturated rings. The summed E-state index contributed by atoms with van der Waals surface area (Å²) < 4.78 is 5.25. The lowest BCUT2D eigenvalue weighted by atomic mass is 9.57. The number of anilines is 1. The van der Waals surface area contributed by atoms with Crippen LogP contribution in [0.15, 0.2) is 23.0 Å². The van der Waals surface area contributed by atoms with E-state index in [4.69, 9.17) is 7.07 Å². The van der Waals surface area contributed by atoms with Crippen molar-refractivity contribution in [2.75, 3.05) is 47.2 Å². The molecule has 0 spiro atoms. The van der Waals surface area contributed by atoms with E-state index in [0.29, 0.717) is 17.7 Å². The van der Waals surface area contributed by atoms with Gasteiger partial charge in [-0.3, -0.25) is 19.3 Å². The number of phenolic OH excluding ortho intramolecular Hbond substituents is 1. The summed E-state index contributed by atoms with van der Waals surface area (Å²) in [4.78, 5) is 44.4. The van der Waals surface area contributed by atoms with Gasteiger partial charge in [0.05, 0.1) is 11.6 Å². The molecule has 204 valence electrons. The fourth-order valence-electron chi connectivity index (χ4n) is 6.21. The molecule has 1 aromatic carbocycles. The molecule has 2 radical (unpaired) electrons. The van der Waals surface area contributed by atoms with Crippen LogP contribution in [0.3, 0.4) is 0 Å². The van der Waals surface area contributed by atoms with Gasteiger partial charge in [0.2, 0.25) is 5.78 Å². The van der Waals surface area contributed by atoms with E-state index in [-0.39, 0.29) is 29.7 Å². The molecule has 3 aliphatic carbocycles. The molecule has 0 bridgehead atoms. The van der Waals surface area contributed by atoms with Crippen LogP contribution in [0, 0.1) is 11.8 Å². The summed E-state index contributed by atoms with van der Waals surface area (Å²) in [5.74, 6) is -6.52. The Hall–Kier alpha value is -3.35. The van der Waals surface area contributed by atoms with E-state index in [9.17, 15) is 34.8 Å². The summed E-state index contributed by atoms with van der Waals surface area (Å²) in [6.45, 7) is 0.365. The first-order valence-electron chi connectivity index (χ1n) is 12.6. The number of likely N-dealkylation sites (N-methyl/N-ethyl adjacent to an activating group) is 1. The van der Waals surface area contributed by atoms with Crippen LogP contribution in [0.25, 0.3) is 5.76 Å². The first-order chi connectivity index (χ1) is 18.1. The topological polar surface area (TPSA) is 168 Å². The number of hydrogen-bond acceptors (Lipinski definition) is 10. The van der Waals surface area contributed by atoms with Gasteiger partial charge in [-0.15, -0.1) is 0 Å². The predicted molar refractivity (Wildman–Crippen MR) is 143 cm³/mol. The fraction of sp³-hybridized carbons (Fsp3) is 0.500. The number of rotatable bonds is 5. The molecule has 12 heteroatoms. The third-order valence-corrected chi connectivity index (χ3v) is 7.74. The Balaban J connectivity index is 0.00000205. The van der Waals surface area contributed by atoms with Crippen molar-refractivity contribution in [3.05, 3.63) is 39.7 Å². The molecule has 0 unspecified atom stereocenters. The number of carbonyl (C=O) groups excluding carboxylic acids is 3. The van der Waals surface area contributed by atoms with Gasteiger partial charge in [0.25, 0.3) is 5.91 Å². The molecular weight excluding hydrogens is 491 g/mol. The van der Waals surface area contributed by atoms with E-state index in [1.54, 1.807) is 14.1 Å². The van der Waals surface area contributed by atoms with Gasteiger partial charge in [-0.05, 0) is 59.9 Å². The number of aliphatic hydroxyl groups is 3. The number of aromatic hydroxyl groups is 1. The number of Topliss-reactive ketones (excluding diaryl/α,β-unsaturated/α-hetero) is 2. The van der Waals surface area contributed by atoms with Crippen molar-refractivity contribution in [3.8, 4) is 5.75 Å². The maximum Gasteiger partial charge on any atom is 0.255 e. The maximum atomic E-state index is 13.9. The minimum atomic E-state index is -2.65. The first kappa shape index (κ1) is 27.7. The Labute approximate surface area is 224 Å². The number of phenols is 1. The van der Waals surface area contributed by atoms with E-state index in [2.05, 4.69) is 8.38 Å². The number of primary amides is 1. The number of hydrogen-bond donors (Lipinski definition) is 5. The minimum absolute atomic E-state index is 0.0544. The minimum Gasteiger partial charge on any atom is -0.508 e. The molecule has 6 N–H and O–H groups in total. The summed E-state index contributed by atoms with van der Waals surface area (Å²) in [7, 11) is 14.2. The standard InChI is InChI=1S/C26H34N4O7.BH/c1-28(2)10-12-9-15(29(3)4)13-7-11-8-14-19(30(5)6)22(33)18(25(27)36)24(35)26(14,37)23(34)16(11)21(32)17(13)20(12)31;/h9,11,14,19,31-32,35,37H,7-8,10H2,1-6H3,(H2,27,36);1H/t11-,14-,19-,26-;/m0./s1/i;1D. The fourth-order valence-corrected chi connectivity index (χ4v) is 6.21. The Morgan fingerprint density at radius 3 is 2.26 bits per heavy atom. The summed E-state index contributed by atoms with van der Waals surface area (Å²) in [6.07, 6.45) is 0.302. The van der Waals surface area contributed by atoms with E-state index in [0.717, 1.165) is 5.69 Å². The molecule has 4 atom stereocenters. The molecule has 38 heavy (non-hydrogen) atoms. The number of ketones is 2. The third kappa shape index (κ3) is 3.98. The van der Waals surface area contributed by atoms with Gasteiger partial charge in [0, 0.05) is 51.8 Å². The molecule has 0 aromatic heterocycles. The monoisotopic (exact) mass is 527 g/mol. The second-order valence-corrected chi connectivity index (χ2v) is 10.9. The molecule has 1 saturated carbocycles. The highest BCUT2D eigenvalue weighted by Gasteiger charge is 2.64. The zero-order valence-corrected chi connectivity index (χ0v) is 22.4. The van der Waals surface area contributed by atoms with Crippen molar-refractivity contribution in [1.82, 2.24) is 9.80 Å². The quantitative estimate of drug-likeness (QED) is 0.247. The van der Waals surface area contributed by atoms with Gasteiger partial charge in [-0.1, -0.05) is 0 Å². The summed E-state index contributed by atoms with van der Waals surface area (Å²) >= 11 is 0. The van der Waals surface area contributed by atoms with Crippen molar-refractivity contribution in [2.45, 2.75) is 31.0 Å². The Bertz CT molecular complexity index is 1290. The second-order valence-electron chi connectivity index (χ2n) is 10.9. The number of nitrogens with two attached hydrogens (primary N) is 1. The highest BCUT2D eigenvalue weighted by molar-refractivity contribution is 6.24. The van der Waals surface area contributed by atoms with Crippen LogP contribution in [-0.4, -0.2) is 111 Å². The van der Waals surface area contributed by atoms with E-state index in [1.807, 2.05) is 44.1 Å². The van der Waals surface area contributed by atoms with Crippen molar-refractivity contribution in [1.29, 1.82) is 1.34 Å². The van der Waals surface area contributed by atoms with Crippen molar-refractivity contribution in [3.63, 3.8) is 0 Å². The highest BCUT2D eigenvalue weighted by Crippen LogP contribution is 2.54. The number of carbonyl (C=O) groups is 3. The number of fused-ring (bicyclic) bond motifs is 3. The molecule has 0 aliphatic heterocycles. The number of amides is 1. The molecule has 0 saturated heterocycles. The predicted octanol–water partition coefficient (Wildman–Crippen LogP) is -0.557. The summed E-state index contributed by atoms with van der Waals surface area (Å²) in [6, 6.07) is 0.732. The summed E-state index contributed by atoms with van der Waals surface area (Å²) in [5, 5.41) is 45.3. The van der Waals surface area contributed by atoms with Gasteiger partial charge < -0.3 is 36.0 Å². The van der Waals surface area contributed by atoms with Crippen LogP contribution < -0.4 is 10.6 Å². The Morgan fingerprint density at radius 2 is 1.76 bits per heavy atom. The zero-order valence-electron chi connectivity index (χ0n) is 23.4. The maximum absolute atomic E-state index is 13.9. The molecule has 1 amide bonds. The molecule has 11 nitrogen and oxygen atoms in total. The number of benzene rings is 1. The van der Waals surface area contributed by atoms with Crippen molar-refractivity contribution < 1.29 is 34.8 Å². The van der Waals surface area contributed by atoms with Crippen LogP contribution in [0.5, 0.6) is 5.75 Å². The first-order valence-corrected chi connectivity index (χ1v) is 12.0. The van der Waals surface area contributed by atoms with Crippen LogP contribution >= 0.6 is 0 Å². The molecular formula is C26H35BN4O7. The average molecular weight is 527 g/mol. The van der Waals surface area contributed by atoms with E-state index in [1.165, 1.54) is 4.90 Å². The second kappa shape index (κ2) is 9.75. The van der Waals surface area contributed by atoms with Crippen molar-refractivity contribution >= 4 is 37.3 Å². The lowest BCUT2D eigenvalue weighted by Crippen LogP contribution is -2.65.